The van der Waals surface area contributed by atoms with E-state index in [1.807, 2.05) is 19.2 Å². The molecule has 3 heteroatoms. The number of fused-ring (bicyclic) bond motifs is 1. The SMILES string of the molecule is CC(C)c1cc(C#N)c2sccc2c1F. The molecule has 0 unspecified atom stereocenters. The van der Waals surface area contributed by atoms with Crippen LogP contribution in [0.4, 0.5) is 4.39 Å². The quantitative estimate of drug-likeness (QED) is 0.710. The van der Waals surface area contributed by atoms with E-state index in [9.17, 15) is 4.39 Å². The number of thiophene rings is 1. The van der Waals surface area contributed by atoms with Gasteiger partial charge in [0.15, 0.2) is 0 Å². The predicted molar refractivity (Wildman–Crippen MR) is 60.6 cm³/mol. The van der Waals surface area contributed by atoms with Crippen molar-refractivity contribution in [3.63, 3.8) is 0 Å². The van der Waals surface area contributed by atoms with E-state index in [1.54, 1.807) is 12.1 Å². The zero-order valence-corrected chi connectivity index (χ0v) is 9.36. The molecule has 1 nitrogen and oxygen atoms in total. The Morgan fingerprint density at radius 1 is 1.47 bits per heavy atom. The van der Waals surface area contributed by atoms with Crippen molar-refractivity contribution in [2.45, 2.75) is 19.8 Å². The van der Waals surface area contributed by atoms with E-state index >= 15 is 0 Å². The van der Waals surface area contributed by atoms with E-state index < -0.39 is 0 Å². The van der Waals surface area contributed by atoms with Crippen molar-refractivity contribution < 1.29 is 4.39 Å². The first-order chi connectivity index (χ1) is 7.15. The Bertz CT molecular complexity index is 548. The fourth-order valence-corrected chi connectivity index (χ4v) is 2.49. The molecule has 0 saturated heterocycles. The number of hydrogen-bond donors (Lipinski definition) is 0. The molecule has 0 radical (unpaired) electrons. The number of nitrogens with zero attached hydrogens (tertiary/aromatic N) is 1. The molecule has 1 aromatic heterocycles. The molecule has 0 saturated carbocycles. The van der Waals surface area contributed by atoms with Gasteiger partial charge in [-0.3, -0.25) is 0 Å². The molecule has 76 valence electrons. The maximum Gasteiger partial charge on any atom is 0.135 e. The summed E-state index contributed by atoms with van der Waals surface area (Å²) in [5.74, 6) is -0.0818. The van der Waals surface area contributed by atoms with E-state index in [0.717, 1.165) is 4.70 Å². The zero-order chi connectivity index (χ0) is 11.0. The molecule has 0 N–H and O–H groups in total. The Balaban J connectivity index is 2.86. The van der Waals surface area contributed by atoms with Gasteiger partial charge in [0.1, 0.15) is 11.9 Å². The van der Waals surface area contributed by atoms with Crippen molar-refractivity contribution in [1.29, 1.82) is 5.26 Å². The lowest BCUT2D eigenvalue weighted by atomic mass is 9.98. The molecular weight excluding hydrogens is 209 g/mol. The first kappa shape index (κ1) is 10.1. The summed E-state index contributed by atoms with van der Waals surface area (Å²) in [6.07, 6.45) is 0. The lowest BCUT2D eigenvalue weighted by Gasteiger charge is -2.08. The Morgan fingerprint density at radius 2 is 2.20 bits per heavy atom. The lowest BCUT2D eigenvalue weighted by Crippen LogP contribution is -1.94. The van der Waals surface area contributed by atoms with Crippen LogP contribution in [0.15, 0.2) is 17.5 Å². The molecule has 15 heavy (non-hydrogen) atoms. The van der Waals surface area contributed by atoms with Gasteiger partial charge in [-0.15, -0.1) is 11.3 Å². The highest BCUT2D eigenvalue weighted by atomic mass is 32.1. The maximum atomic E-state index is 14.0. The minimum atomic E-state index is -0.180. The molecular formula is C12H10FNS. The molecule has 0 bridgehead atoms. The topological polar surface area (TPSA) is 23.8 Å². The van der Waals surface area contributed by atoms with Crippen LogP contribution in [-0.2, 0) is 0 Å². The first-order valence-electron chi connectivity index (χ1n) is 4.75. The van der Waals surface area contributed by atoms with Crippen molar-refractivity contribution in [1.82, 2.24) is 0 Å². The van der Waals surface area contributed by atoms with Crippen LogP contribution < -0.4 is 0 Å². The second-order valence-corrected chi connectivity index (χ2v) is 4.67. The fraction of sp³-hybridized carbons (Fsp3) is 0.250. The van der Waals surface area contributed by atoms with Gasteiger partial charge >= 0.3 is 0 Å². The van der Waals surface area contributed by atoms with Crippen LogP contribution in [0.1, 0.15) is 30.9 Å². The van der Waals surface area contributed by atoms with Crippen molar-refractivity contribution in [3.05, 3.63) is 34.5 Å². The van der Waals surface area contributed by atoms with Crippen molar-refractivity contribution >= 4 is 21.4 Å². The summed E-state index contributed by atoms with van der Waals surface area (Å²) in [6, 6.07) is 5.53. The Morgan fingerprint density at radius 3 is 2.80 bits per heavy atom. The van der Waals surface area contributed by atoms with Gasteiger partial charge in [-0.05, 0) is 29.0 Å². The van der Waals surface area contributed by atoms with Gasteiger partial charge in [-0.1, -0.05) is 13.8 Å². The number of hydrogen-bond acceptors (Lipinski definition) is 2. The van der Waals surface area contributed by atoms with Gasteiger partial charge in [0.25, 0.3) is 0 Å². The van der Waals surface area contributed by atoms with Crippen LogP contribution in [0.25, 0.3) is 10.1 Å². The largest absolute Gasteiger partial charge is 0.206 e. The van der Waals surface area contributed by atoms with Gasteiger partial charge in [-0.2, -0.15) is 5.26 Å². The number of rotatable bonds is 1. The fourth-order valence-electron chi connectivity index (χ4n) is 1.63. The van der Waals surface area contributed by atoms with E-state index in [-0.39, 0.29) is 11.7 Å². The number of nitriles is 1. The van der Waals surface area contributed by atoms with Gasteiger partial charge in [0.2, 0.25) is 0 Å². The van der Waals surface area contributed by atoms with Gasteiger partial charge in [0, 0.05) is 5.39 Å². The molecule has 0 aliphatic rings. The third kappa shape index (κ3) is 1.51. The molecule has 0 fully saturated rings. The molecule has 0 amide bonds. The summed E-state index contributed by atoms with van der Waals surface area (Å²) in [5, 5.41) is 11.4. The van der Waals surface area contributed by atoms with Crippen molar-refractivity contribution in [3.8, 4) is 6.07 Å². The third-order valence-corrected chi connectivity index (χ3v) is 3.39. The smallest absolute Gasteiger partial charge is 0.135 e. The van der Waals surface area contributed by atoms with Gasteiger partial charge in [-0.25, -0.2) is 4.39 Å². The van der Waals surface area contributed by atoms with Crippen LogP contribution in [0, 0.1) is 17.1 Å². The van der Waals surface area contributed by atoms with Crippen LogP contribution in [0.2, 0.25) is 0 Å². The van der Waals surface area contributed by atoms with Crippen LogP contribution in [-0.4, -0.2) is 0 Å². The molecule has 0 atom stereocenters. The van der Waals surface area contributed by atoms with Crippen LogP contribution in [0.3, 0.4) is 0 Å². The first-order valence-corrected chi connectivity index (χ1v) is 5.62. The van der Waals surface area contributed by atoms with Crippen molar-refractivity contribution in [2.24, 2.45) is 0 Å². The van der Waals surface area contributed by atoms with Gasteiger partial charge < -0.3 is 0 Å². The molecule has 2 rings (SSSR count). The highest BCUT2D eigenvalue weighted by molar-refractivity contribution is 7.17. The van der Waals surface area contributed by atoms with E-state index in [0.29, 0.717) is 16.5 Å². The molecule has 0 aliphatic carbocycles. The maximum absolute atomic E-state index is 14.0. The lowest BCUT2D eigenvalue weighted by molar-refractivity contribution is 0.610. The monoisotopic (exact) mass is 219 g/mol. The Labute approximate surface area is 91.8 Å². The second-order valence-electron chi connectivity index (χ2n) is 3.76. The van der Waals surface area contributed by atoms with Crippen LogP contribution in [0.5, 0.6) is 0 Å². The minimum absolute atomic E-state index is 0.0985. The number of halogens is 1. The molecule has 1 heterocycles. The van der Waals surface area contributed by atoms with Crippen LogP contribution >= 0.6 is 11.3 Å². The normalized spacial score (nSPS) is 10.9. The summed E-state index contributed by atoms with van der Waals surface area (Å²) in [5.41, 5.74) is 1.20. The average Bonchev–Trinajstić information content (AvgIpc) is 2.67. The van der Waals surface area contributed by atoms with Crippen molar-refractivity contribution in [2.75, 3.05) is 0 Å². The Kier molecular flexibility index (Phi) is 2.45. The Hall–Kier alpha value is -1.40. The third-order valence-electron chi connectivity index (χ3n) is 2.44. The summed E-state index contributed by atoms with van der Waals surface area (Å²) in [7, 11) is 0. The minimum Gasteiger partial charge on any atom is -0.206 e. The average molecular weight is 219 g/mol. The molecule has 0 aliphatic heterocycles. The second kappa shape index (κ2) is 3.63. The van der Waals surface area contributed by atoms with Gasteiger partial charge in [0.05, 0.1) is 10.3 Å². The van der Waals surface area contributed by atoms with E-state index in [4.69, 9.17) is 5.26 Å². The molecule has 0 spiro atoms. The van der Waals surface area contributed by atoms with E-state index in [2.05, 4.69) is 6.07 Å². The highest BCUT2D eigenvalue weighted by Gasteiger charge is 2.14. The number of benzene rings is 1. The molecule has 2 aromatic rings. The summed E-state index contributed by atoms with van der Waals surface area (Å²) in [4.78, 5) is 0. The molecule has 1 aromatic carbocycles. The highest BCUT2D eigenvalue weighted by Crippen LogP contribution is 2.32. The summed E-state index contributed by atoms with van der Waals surface area (Å²) >= 11 is 1.41. The van der Waals surface area contributed by atoms with E-state index in [1.165, 1.54) is 11.3 Å². The standard InChI is InChI=1S/C12H10FNS/c1-7(2)10-5-8(6-14)12-9(11(10)13)3-4-15-12/h3-5,7H,1-2H3. The summed E-state index contributed by atoms with van der Waals surface area (Å²) < 4.78 is 14.7. The predicted octanol–water partition coefficient (Wildman–Crippen LogP) is 4.04. The zero-order valence-electron chi connectivity index (χ0n) is 8.54. The summed E-state index contributed by atoms with van der Waals surface area (Å²) in [6.45, 7) is 3.86.